The maximum absolute atomic E-state index is 13.7. The molecule has 4 aromatic rings. The Balaban J connectivity index is 1.65. The van der Waals surface area contributed by atoms with Crippen LogP contribution in [0.4, 0.5) is 9.52 Å². The lowest BCUT2D eigenvalue weighted by Gasteiger charge is -2.24. The van der Waals surface area contributed by atoms with Crippen molar-refractivity contribution in [3.63, 3.8) is 0 Å². The quantitative estimate of drug-likeness (QED) is 0.394. The van der Waals surface area contributed by atoms with Gasteiger partial charge < -0.3 is 14.3 Å². The number of halogens is 1. The van der Waals surface area contributed by atoms with E-state index in [-0.39, 0.29) is 16.5 Å². The van der Waals surface area contributed by atoms with Gasteiger partial charge in [0, 0.05) is 0 Å². The van der Waals surface area contributed by atoms with Crippen LogP contribution in [0.15, 0.2) is 76.6 Å². The molecule has 166 valence electrons. The van der Waals surface area contributed by atoms with Crippen LogP contribution in [0.25, 0.3) is 10.2 Å². The number of amides is 1. The van der Waals surface area contributed by atoms with Gasteiger partial charge in [-0.3, -0.25) is 14.5 Å². The molecule has 0 bridgehead atoms. The molecule has 2 aromatic carbocycles. The number of Topliss-reactive ketones (excluding diaryl/α,β-unsaturated/α-hetero) is 1. The van der Waals surface area contributed by atoms with Crippen molar-refractivity contribution in [2.45, 2.75) is 13.0 Å². The van der Waals surface area contributed by atoms with Crippen molar-refractivity contribution in [3.8, 4) is 5.75 Å². The van der Waals surface area contributed by atoms with Gasteiger partial charge in [-0.05, 0) is 55.0 Å². The minimum atomic E-state index is -0.962. The van der Waals surface area contributed by atoms with Gasteiger partial charge in [0.25, 0.3) is 5.91 Å². The van der Waals surface area contributed by atoms with Crippen molar-refractivity contribution in [1.82, 2.24) is 4.98 Å². The predicted molar refractivity (Wildman–Crippen MR) is 120 cm³/mol. The number of rotatable bonds is 6. The maximum atomic E-state index is 13.7. The molecule has 7 nitrogen and oxygen atoms in total. The van der Waals surface area contributed by atoms with Crippen LogP contribution < -0.4 is 9.64 Å². The molecule has 2 aromatic heterocycles. The summed E-state index contributed by atoms with van der Waals surface area (Å²) in [6.45, 7) is 2.35. The summed E-state index contributed by atoms with van der Waals surface area (Å²) in [5.41, 5.74) is 0.945. The van der Waals surface area contributed by atoms with Gasteiger partial charge >= 0.3 is 0 Å². The number of hydrogen-bond acceptors (Lipinski definition) is 7. The van der Waals surface area contributed by atoms with Gasteiger partial charge in [-0.1, -0.05) is 23.5 Å². The number of anilines is 1. The van der Waals surface area contributed by atoms with E-state index in [1.54, 1.807) is 30.3 Å². The van der Waals surface area contributed by atoms with Crippen LogP contribution in [0, 0.1) is 5.82 Å². The summed E-state index contributed by atoms with van der Waals surface area (Å²) in [5, 5.41) is 11.0. The molecule has 9 heteroatoms. The summed E-state index contributed by atoms with van der Waals surface area (Å²) < 4.78 is 25.0. The molecule has 3 heterocycles. The van der Waals surface area contributed by atoms with Gasteiger partial charge in [0.15, 0.2) is 16.7 Å². The highest BCUT2D eigenvalue weighted by Crippen LogP contribution is 2.44. The zero-order valence-corrected chi connectivity index (χ0v) is 18.1. The zero-order valence-electron chi connectivity index (χ0n) is 17.3. The third-order valence-electron chi connectivity index (χ3n) is 5.25. The molecule has 1 aliphatic heterocycles. The standard InChI is InChI=1S/C24H17FN2O5S/c1-2-31-15-8-5-13(6-9-15)20-19(21(28)17-4-3-11-32-17)22(29)23(30)27(20)24-26-16-10-7-14(25)12-18(16)33-24/h3-12,20,29H,2H2,1H3/t20-/m1/s1. The van der Waals surface area contributed by atoms with E-state index in [0.717, 1.165) is 11.3 Å². The summed E-state index contributed by atoms with van der Waals surface area (Å²) in [6.07, 6.45) is 1.34. The van der Waals surface area contributed by atoms with Gasteiger partial charge in [-0.15, -0.1) is 0 Å². The van der Waals surface area contributed by atoms with E-state index in [1.165, 1.54) is 35.4 Å². The lowest BCUT2D eigenvalue weighted by Crippen LogP contribution is -2.30. The SMILES string of the molecule is CCOc1ccc([C@@H]2C(C(=O)c3ccco3)=C(O)C(=O)N2c2nc3ccc(F)cc3s2)cc1. The first kappa shape index (κ1) is 20.9. The highest BCUT2D eigenvalue weighted by atomic mass is 32.1. The van der Waals surface area contributed by atoms with E-state index in [2.05, 4.69) is 4.98 Å². The van der Waals surface area contributed by atoms with E-state index in [1.807, 2.05) is 6.92 Å². The summed E-state index contributed by atoms with van der Waals surface area (Å²) in [7, 11) is 0. The van der Waals surface area contributed by atoms with E-state index in [4.69, 9.17) is 9.15 Å². The highest BCUT2D eigenvalue weighted by molar-refractivity contribution is 7.22. The topological polar surface area (TPSA) is 92.9 Å². The van der Waals surface area contributed by atoms with Crippen LogP contribution in [0.3, 0.4) is 0 Å². The minimum Gasteiger partial charge on any atom is -0.503 e. The predicted octanol–water partition coefficient (Wildman–Crippen LogP) is 5.21. The van der Waals surface area contributed by atoms with Crippen molar-refractivity contribution in [2.75, 3.05) is 11.5 Å². The van der Waals surface area contributed by atoms with Gasteiger partial charge in [0.05, 0.1) is 34.7 Å². The number of ketones is 1. The van der Waals surface area contributed by atoms with Gasteiger partial charge in [-0.2, -0.15) is 0 Å². The molecule has 0 radical (unpaired) electrons. The largest absolute Gasteiger partial charge is 0.503 e. The molecule has 0 unspecified atom stereocenters. The number of furan rings is 1. The van der Waals surface area contributed by atoms with Crippen LogP contribution in [-0.4, -0.2) is 28.4 Å². The number of thiazole rings is 1. The molecule has 1 N–H and O–H groups in total. The number of aromatic nitrogens is 1. The highest BCUT2D eigenvalue weighted by Gasteiger charge is 2.46. The van der Waals surface area contributed by atoms with E-state index < -0.39 is 29.3 Å². The third-order valence-corrected chi connectivity index (χ3v) is 6.27. The summed E-state index contributed by atoms with van der Waals surface area (Å²) >= 11 is 1.09. The van der Waals surface area contributed by atoms with Crippen molar-refractivity contribution in [2.24, 2.45) is 0 Å². The number of carbonyl (C=O) groups excluding carboxylic acids is 2. The Morgan fingerprint density at radius 3 is 2.73 bits per heavy atom. The van der Waals surface area contributed by atoms with Crippen molar-refractivity contribution in [1.29, 1.82) is 0 Å². The van der Waals surface area contributed by atoms with Crippen molar-refractivity contribution >= 4 is 38.4 Å². The monoisotopic (exact) mass is 464 g/mol. The average Bonchev–Trinajstić information content (AvgIpc) is 3.53. The third kappa shape index (κ3) is 3.56. The van der Waals surface area contributed by atoms with Crippen molar-refractivity contribution < 1.29 is 28.2 Å². The van der Waals surface area contributed by atoms with Gasteiger partial charge in [-0.25, -0.2) is 9.37 Å². The normalized spacial score (nSPS) is 16.1. The van der Waals surface area contributed by atoms with E-state index in [9.17, 15) is 19.1 Å². The molecule has 0 saturated carbocycles. The number of hydrogen-bond donors (Lipinski definition) is 1. The first-order valence-corrected chi connectivity index (χ1v) is 10.9. The molecule has 33 heavy (non-hydrogen) atoms. The fourth-order valence-electron chi connectivity index (χ4n) is 3.79. The fourth-order valence-corrected chi connectivity index (χ4v) is 4.81. The molecule has 0 saturated heterocycles. The number of fused-ring (bicyclic) bond motifs is 1. The van der Waals surface area contributed by atoms with Gasteiger partial charge in [0.1, 0.15) is 11.6 Å². The number of nitrogens with zero attached hydrogens (tertiary/aromatic N) is 2. The number of carbonyl (C=O) groups is 2. The number of aliphatic hydroxyl groups excluding tert-OH is 1. The second-order valence-electron chi connectivity index (χ2n) is 7.26. The molecule has 1 atom stereocenters. The minimum absolute atomic E-state index is 0.00601. The van der Waals surface area contributed by atoms with E-state index in [0.29, 0.717) is 28.1 Å². The second-order valence-corrected chi connectivity index (χ2v) is 8.27. The number of ether oxygens (including phenoxy) is 1. The number of benzene rings is 2. The Bertz CT molecular complexity index is 1390. The lowest BCUT2D eigenvalue weighted by atomic mass is 9.95. The first-order valence-electron chi connectivity index (χ1n) is 10.1. The Morgan fingerprint density at radius 2 is 2.03 bits per heavy atom. The first-order chi connectivity index (χ1) is 16.0. The number of aliphatic hydroxyl groups is 1. The summed E-state index contributed by atoms with van der Waals surface area (Å²) in [4.78, 5) is 32.1. The summed E-state index contributed by atoms with van der Waals surface area (Å²) in [6, 6.07) is 13.1. The van der Waals surface area contributed by atoms with Crippen LogP contribution in [-0.2, 0) is 4.79 Å². The molecule has 1 amide bonds. The molecule has 0 aliphatic carbocycles. The molecular weight excluding hydrogens is 447 g/mol. The molecule has 5 rings (SSSR count). The Hall–Kier alpha value is -3.98. The second kappa shape index (κ2) is 8.18. The maximum Gasteiger partial charge on any atom is 0.296 e. The lowest BCUT2D eigenvalue weighted by molar-refractivity contribution is -0.117. The zero-order chi connectivity index (χ0) is 23.1. The summed E-state index contributed by atoms with van der Waals surface area (Å²) in [5.74, 6) is -1.88. The van der Waals surface area contributed by atoms with Crippen molar-refractivity contribution in [3.05, 3.63) is 89.3 Å². The van der Waals surface area contributed by atoms with Crippen LogP contribution >= 0.6 is 11.3 Å². The molecular formula is C24H17FN2O5S. The van der Waals surface area contributed by atoms with Crippen LogP contribution in [0.2, 0.25) is 0 Å². The van der Waals surface area contributed by atoms with Crippen LogP contribution in [0.1, 0.15) is 29.1 Å². The van der Waals surface area contributed by atoms with E-state index >= 15 is 0 Å². The molecule has 1 aliphatic rings. The average molecular weight is 464 g/mol. The Morgan fingerprint density at radius 1 is 1.24 bits per heavy atom. The Kier molecular flexibility index (Phi) is 5.18. The van der Waals surface area contributed by atoms with Crippen LogP contribution in [0.5, 0.6) is 5.75 Å². The smallest absolute Gasteiger partial charge is 0.296 e. The molecule has 0 spiro atoms. The Labute approximate surface area is 191 Å². The van der Waals surface area contributed by atoms with Gasteiger partial charge in [0.2, 0.25) is 5.78 Å². The fraction of sp³-hybridized carbons (Fsp3) is 0.125. The molecule has 0 fully saturated rings.